The minimum absolute atomic E-state index is 0.913. The lowest BCUT2D eigenvalue weighted by molar-refractivity contribution is 0.193. The molecule has 86 valence electrons. The van der Waals surface area contributed by atoms with E-state index in [1.54, 1.807) is 0 Å². The van der Waals surface area contributed by atoms with E-state index < -0.39 is 0 Å². The first-order chi connectivity index (χ1) is 7.45. The molecule has 3 fully saturated rings. The van der Waals surface area contributed by atoms with Gasteiger partial charge in [-0.15, -0.1) is 0 Å². The first-order valence-electron chi connectivity index (χ1n) is 7.18. The normalized spacial score (nSPS) is 42.8. The lowest BCUT2D eigenvalue weighted by Gasteiger charge is -2.35. The molecular formula is C14H25N. The Bertz CT molecular complexity index is 207. The highest BCUT2D eigenvalue weighted by molar-refractivity contribution is 4.96. The van der Waals surface area contributed by atoms with Crippen molar-refractivity contribution in [2.75, 3.05) is 6.54 Å². The predicted molar refractivity (Wildman–Crippen MR) is 63.8 cm³/mol. The summed E-state index contributed by atoms with van der Waals surface area (Å²) in [5.41, 5.74) is 0. The standard InChI is InChI=1S/C14H25N/c1-2-6-11(7-3-1)14-13-9-5-4-8-12(13)10-15-14/h11-15H,1-10H2/t12-,13-,14-/m0/s1. The molecule has 0 radical (unpaired) electrons. The largest absolute Gasteiger partial charge is 0.313 e. The topological polar surface area (TPSA) is 12.0 Å². The van der Waals surface area contributed by atoms with Crippen LogP contribution in [0.4, 0.5) is 0 Å². The summed E-state index contributed by atoms with van der Waals surface area (Å²) in [7, 11) is 0. The van der Waals surface area contributed by atoms with Crippen molar-refractivity contribution in [3.05, 3.63) is 0 Å². The molecule has 15 heavy (non-hydrogen) atoms. The Morgan fingerprint density at radius 1 is 0.667 bits per heavy atom. The van der Waals surface area contributed by atoms with Crippen LogP contribution >= 0.6 is 0 Å². The van der Waals surface area contributed by atoms with E-state index in [-0.39, 0.29) is 0 Å². The summed E-state index contributed by atoms with van der Waals surface area (Å²) in [5, 5.41) is 3.87. The maximum atomic E-state index is 3.87. The van der Waals surface area contributed by atoms with Gasteiger partial charge in [-0.05, 0) is 50.0 Å². The van der Waals surface area contributed by atoms with E-state index in [1.807, 2.05) is 0 Å². The Kier molecular flexibility index (Phi) is 3.01. The molecule has 0 aromatic heterocycles. The van der Waals surface area contributed by atoms with Crippen molar-refractivity contribution in [2.24, 2.45) is 17.8 Å². The molecule has 1 heteroatoms. The Morgan fingerprint density at radius 3 is 2.20 bits per heavy atom. The second kappa shape index (κ2) is 4.45. The van der Waals surface area contributed by atoms with Crippen LogP contribution in [-0.2, 0) is 0 Å². The van der Waals surface area contributed by atoms with Crippen molar-refractivity contribution in [1.29, 1.82) is 0 Å². The molecule has 1 N–H and O–H groups in total. The summed E-state index contributed by atoms with van der Waals surface area (Å²) in [6.45, 7) is 1.34. The maximum Gasteiger partial charge on any atom is 0.0127 e. The second-order valence-corrected chi connectivity index (χ2v) is 6.04. The molecule has 0 unspecified atom stereocenters. The number of hydrogen-bond donors (Lipinski definition) is 1. The number of fused-ring (bicyclic) bond motifs is 1. The summed E-state index contributed by atoms with van der Waals surface area (Å²) in [5.74, 6) is 3.14. The van der Waals surface area contributed by atoms with E-state index in [9.17, 15) is 0 Å². The summed E-state index contributed by atoms with van der Waals surface area (Å²) in [6, 6.07) is 0.913. The first-order valence-corrected chi connectivity index (χ1v) is 7.18. The van der Waals surface area contributed by atoms with Gasteiger partial charge in [0.25, 0.3) is 0 Å². The van der Waals surface area contributed by atoms with Crippen LogP contribution in [0, 0.1) is 17.8 Å². The Morgan fingerprint density at radius 2 is 1.33 bits per heavy atom. The molecule has 3 rings (SSSR count). The molecule has 2 aliphatic carbocycles. The monoisotopic (exact) mass is 207 g/mol. The predicted octanol–water partition coefficient (Wildman–Crippen LogP) is 3.34. The van der Waals surface area contributed by atoms with Crippen molar-refractivity contribution in [3.8, 4) is 0 Å². The van der Waals surface area contributed by atoms with Crippen LogP contribution in [0.25, 0.3) is 0 Å². The molecule has 0 spiro atoms. The van der Waals surface area contributed by atoms with E-state index in [0.717, 1.165) is 23.8 Å². The lowest BCUT2D eigenvalue weighted by atomic mass is 9.72. The summed E-state index contributed by atoms with van der Waals surface area (Å²) >= 11 is 0. The molecule has 3 atom stereocenters. The van der Waals surface area contributed by atoms with E-state index in [2.05, 4.69) is 5.32 Å². The fraction of sp³-hybridized carbons (Fsp3) is 1.00. The smallest absolute Gasteiger partial charge is 0.0127 e. The van der Waals surface area contributed by atoms with Crippen molar-refractivity contribution in [2.45, 2.75) is 63.8 Å². The summed E-state index contributed by atoms with van der Waals surface area (Å²) in [4.78, 5) is 0. The van der Waals surface area contributed by atoms with Gasteiger partial charge in [0.05, 0.1) is 0 Å². The number of hydrogen-bond acceptors (Lipinski definition) is 1. The van der Waals surface area contributed by atoms with Crippen LogP contribution in [-0.4, -0.2) is 12.6 Å². The molecular weight excluding hydrogens is 182 g/mol. The van der Waals surface area contributed by atoms with Gasteiger partial charge in [-0.3, -0.25) is 0 Å². The zero-order chi connectivity index (χ0) is 10.1. The highest BCUT2D eigenvalue weighted by atomic mass is 15.0. The molecule has 0 bridgehead atoms. The van der Waals surface area contributed by atoms with Crippen LogP contribution in [0.2, 0.25) is 0 Å². The SMILES string of the molecule is C1CCC([C@@H]2NC[C@@H]3CCCC[C@@H]32)CC1. The minimum Gasteiger partial charge on any atom is -0.313 e. The van der Waals surface area contributed by atoms with Crippen LogP contribution in [0.15, 0.2) is 0 Å². The zero-order valence-electron chi connectivity index (χ0n) is 9.88. The van der Waals surface area contributed by atoms with Gasteiger partial charge in [0.15, 0.2) is 0 Å². The maximum absolute atomic E-state index is 3.87. The van der Waals surface area contributed by atoms with Crippen molar-refractivity contribution in [1.82, 2.24) is 5.32 Å². The minimum atomic E-state index is 0.913. The highest BCUT2D eigenvalue weighted by Gasteiger charge is 2.40. The quantitative estimate of drug-likeness (QED) is 0.695. The van der Waals surface area contributed by atoms with Gasteiger partial charge in [-0.25, -0.2) is 0 Å². The summed E-state index contributed by atoms with van der Waals surface area (Å²) in [6.07, 6.45) is 13.6. The van der Waals surface area contributed by atoms with Crippen molar-refractivity contribution in [3.63, 3.8) is 0 Å². The number of rotatable bonds is 1. The van der Waals surface area contributed by atoms with Gasteiger partial charge in [-0.1, -0.05) is 32.1 Å². The molecule has 0 aromatic carbocycles. The van der Waals surface area contributed by atoms with E-state index >= 15 is 0 Å². The van der Waals surface area contributed by atoms with Crippen LogP contribution in [0.5, 0.6) is 0 Å². The number of nitrogens with one attached hydrogen (secondary N) is 1. The van der Waals surface area contributed by atoms with Gasteiger partial charge in [0.1, 0.15) is 0 Å². The third-order valence-corrected chi connectivity index (χ3v) is 5.20. The average molecular weight is 207 g/mol. The Balaban J connectivity index is 1.65. The third-order valence-electron chi connectivity index (χ3n) is 5.20. The fourth-order valence-corrected chi connectivity index (χ4v) is 4.41. The van der Waals surface area contributed by atoms with Crippen molar-refractivity contribution < 1.29 is 0 Å². The molecule has 0 aromatic rings. The average Bonchev–Trinajstić information content (AvgIpc) is 2.74. The molecule has 1 heterocycles. The van der Waals surface area contributed by atoms with Crippen LogP contribution < -0.4 is 5.32 Å². The summed E-state index contributed by atoms with van der Waals surface area (Å²) < 4.78 is 0. The van der Waals surface area contributed by atoms with Gasteiger partial charge in [0.2, 0.25) is 0 Å². The molecule has 1 saturated heterocycles. The highest BCUT2D eigenvalue weighted by Crippen LogP contribution is 2.41. The fourth-order valence-electron chi connectivity index (χ4n) is 4.41. The van der Waals surface area contributed by atoms with Gasteiger partial charge < -0.3 is 5.32 Å². The lowest BCUT2D eigenvalue weighted by Crippen LogP contribution is -2.37. The van der Waals surface area contributed by atoms with E-state index in [0.29, 0.717) is 0 Å². The Labute approximate surface area is 94.0 Å². The molecule has 3 aliphatic rings. The van der Waals surface area contributed by atoms with Crippen LogP contribution in [0.1, 0.15) is 57.8 Å². The molecule has 2 saturated carbocycles. The first kappa shape index (κ1) is 10.1. The van der Waals surface area contributed by atoms with Crippen molar-refractivity contribution >= 4 is 0 Å². The van der Waals surface area contributed by atoms with Crippen LogP contribution in [0.3, 0.4) is 0 Å². The molecule has 0 amide bonds. The second-order valence-electron chi connectivity index (χ2n) is 6.04. The van der Waals surface area contributed by atoms with E-state index in [4.69, 9.17) is 0 Å². The zero-order valence-corrected chi connectivity index (χ0v) is 9.88. The molecule has 1 aliphatic heterocycles. The van der Waals surface area contributed by atoms with Gasteiger partial charge >= 0.3 is 0 Å². The Hall–Kier alpha value is -0.0400. The van der Waals surface area contributed by atoms with Gasteiger partial charge in [-0.2, -0.15) is 0 Å². The van der Waals surface area contributed by atoms with E-state index in [1.165, 1.54) is 64.3 Å². The molecule has 1 nitrogen and oxygen atoms in total. The van der Waals surface area contributed by atoms with Gasteiger partial charge in [0, 0.05) is 6.04 Å². The third kappa shape index (κ3) is 1.95.